The van der Waals surface area contributed by atoms with E-state index in [0.29, 0.717) is 27.5 Å². The van der Waals surface area contributed by atoms with Gasteiger partial charge in [0.25, 0.3) is 5.91 Å². The number of amides is 1. The summed E-state index contributed by atoms with van der Waals surface area (Å²) in [7, 11) is 0. The fourth-order valence-electron chi connectivity index (χ4n) is 2.24. The number of aryl methyl sites for hydroxylation is 1. The second-order valence-corrected chi connectivity index (χ2v) is 4.15. The van der Waals surface area contributed by atoms with Crippen LogP contribution in [-0.2, 0) is 0 Å². The standard InChI is InChI=1S/C13H10N2O2/c1-6-5-9-10-7(11(6)16)3-2-4-8(10)12(14)15-13(9)17/h2-5,16H,1H3,(H2,14,15,17). The maximum Gasteiger partial charge on any atom is 0.257 e. The van der Waals surface area contributed by atoms with Gasteiger partial charge in [-0.1, -0.05) is 18.2 Å². The fourth-order valence-corrected chi connectivity index (χ4v) is 2.24. The van der Waals surface area contributed by atoms with Gasteiger partial charge < -0.3 is 10.4 Å². The third-order valence-electron chi connectivity index (χ3n) is 3.08. The summed E-state index contributed by atoms with van der Waals surface area (Å²) in [4.78, 5) is 11.8. The number of carbonyl (C=O) groups is 1. The van der Waals surface area contributed by atoms with E-state index in [9.17, 15) is 9.90 Å². The molecule has 17 heavy (non-hydrogen) atoms. The highest BCUT2D eigenvalue weighted by Gasteiger charge is 2.24. The smallest absolute Gasteiger partial charge is 0.257 e. The van der Waals surface area contributed by atoms with Crippen LogP contribution in [0, 0.1) is 12.3 Å². The van der Waals surface area contributed by atoms with Crippen molar-refractivity contribution in [2.45, 2.75) is 6.92 Å². The van der Waals surface area contributed by atoms with E-state index in [1.807, 2.05) is 0 Å². The molecule has 84 valence electrons. The Labute approximate surface area is 97.4 Å². The van der Waals surface area contributed by atoms with E-state index in [-0.39, 0.29) is 17.5 Å². The molecular weight excluding hydrogens is 216 g/mol. The highest BCUT2D eigenvalue weighted by Crippen LogP contribution is 2.34. The lowest BCUT2D eigenvalue weighted by Crippen LogP contribution is -2.34. The zero-order chi connectivity index (χ0) is 12.2. The zero-order valence-electron chi connectivity index (χ0n) is 9.16. The van der Waals surface area contributed by atoms with Crippen LogP contribution < -0.4 is 5.32 Å². The molecular formula is C13H10N2O2. The lowest BCUT2D eigenvalue weighted by atomic mass is 9.92. The van der Waals surface area contributed by atoms with Crippen LogP contribution in [0.2, 0.25) is 0 Å². The molecule has 4 nitrogen and oxygen atoms in total. The van der Waals surface area contributed by atoms with Crippen molar-refractivity contribution in [1.82, 2.24) is 5.32 Å². The maximum absolute atomic E-state index is 11.8. The van der Waals surface area contributed by atoms with E-state index < -0.39 is 0 Å². The molecule has 0 aromatic heterocycles. The van der Waals surface area contributed by atoms with Crippen LogP contribution in [0.3, 0.4) is 0 Å². The van der Waals surface area contributed by atoms with E-state index in [0.717, 1.165) is 0 Å². The number of aromatic hydroxyl groups is 1. The normalized spacial score (nSPS) is 13.9. The fraction of sp³-hybridized carbons (Fsp3) is 0.0769. The molecule has 0 radical (unpaired) electrons. The highest BCUT2D eigenvalue weighted by molar-refractivity contribution is 6.27. The summed E-state index contributed by atoms with van der Waals surface area (Å²) < 4.78 is 0. The lowest BCUT2D eigenvalue weighted by Gasteiger charge is -2.19. The first kappa shape index (κ1) is 9.84. The Morgan fingerprint density at radius 3 is 2.82 bits per heavy atom. The van der Waals surface area contributed by atoms with Gasteiger partial charge in [0.1, 0.15) is 11.6 Å². The summed E-state index contributed by atoms with van der Waals surface area (Å²) in [6.07, 6.45) is 0. The number of hydrogen-bond acceptors (Lipinski definition) is 3. The number of benzene rings is 2. The average Bonchev–Trinajstić information content (AvgIpc) is 2.31. The number of rotatable bonds is 0. The van der Waals surface area contributed by atoms with E-state index in [2.05, 4.69) is 5.32 Å². The van der Waals surface area contributed by atoms with E-state index >= 15 is 0 Å². The van der Waals surface area contributed by atoms with E-state index in [1.165, 1.54) is 0 Å². The molecule has 0 saturated carbocycles. The quantitative estimate of drug-likeness (QED) is 0.642. The largest absolute Gasteiger partial charge is 0.507 e. The van der Waals surface area contributed by atoms with Crippen molar-refractivity contribution in [3.05, 3.63) is 41.0 Å². The van der Waals surface area contributed by atoms with Crippen molar-refractivity contribution in [3.8, 4) is 5.75 Å². The number of phenols is 1. The Morgan fingerprint density at radius 2 is 2.06 bits per heavy atom. The molecule has 0 saturated heterocycles. The van der Waals surface area contributed by atoms with E-state index in [1.54, 1.807) is 31.2 Å². The topological polar surface area (TPSA) is 73.2 Å². The Kier molecular flexibility index (Phi) is 1.78. The SMILES string of the molecule is Cc1cc2c3c(cccc3c1O)C(=N)NC2=O. The van der Waals surface area contributed by atoms with Gasteiger partial charge >= 0.3 is 0 Å². The van der Waals surface area contributed by atoms with Crippen molar-refractivity contribution < 1.29 is 9.90 Å². The first-order chi connectivity index (χ1) is 8.09. The number of nitrogens with one attached hydrogen (secondary N) is 2. The van der Waals surface area contributed by atoms with Crippen LogP contribution >= 0.6 is 0 Å². The molecule has 2 aromatic rings. The molecule has 1 heterocycles. The highest BCUT2D eigenvalue weighted by atomic mass is 16.3. The van der Waals surface area contributed by atoms with Gasteiger partial charge in [-0.15, -0.1) is 0 Å². The van der Waals surface area contributed by atoms with Crippen molar-refractivity contribution in [2.75, 3.05) is 0 Å². The predicted molar refractivity (Wildman–Crippen MR) is 64.6 cm³/mol. The molecule has 1 aliphatic heterocycles. The van der Waals surface area contributed by atoms with Crippen molar-refractivity contribution in [1.29, 1.82) is 5.41 Å². The average molecular weight is 226 g/mol. The minimum absolute atomic E-state index is 0.0800. The maximum atomic E-state index is 11.8. The number of amidine groups is 1. The Hall–Kier alpha value is -2.36. The van der Waals surface area contributed by atoms with Crippen molar-refractivity contribution >= 4 is 22.5 Å². The summed E-state index contributed by atoms with van der Waals surface area (Å²) in [5.41, 5.74) is 1.82. The molecule has 0 aliphatic carbocycles. The molecule has 4 heteroatoms. The number of hydrogen-bond donors (Lipinski definition) is 3. The van der Waals surface area contributed by atoms with Gasteiger partial charge in [-0.25, -0.2) is 0 Å². The minimum Gasteiger partial charge on any atom is -0.507 e. The third kappa shape index (κ3) is 1.18. The second-order valence-electron chi connectivity index (χ2n) is 4.15. The van der Waals surface area contributed by atoms with Crippen LogP contribution in [-0.4, -0.2) is 16.8 Å². The van der Waals surface area contributed by atoms with Gasteiger partial charge in [0.2, 0.25) is 0 Å². The molecule has 0 unspecified atom stereocenters. The first-order valence-electron chi connectivity index (χ1n) is 5.25. The first-order valence-corrected chi connectivity index (χ1v) is 5.25. The number of phenolic OH excluding ortho intramolecular Hbond substituents is 1. The molecule has 1 amide bonds. The summed E-state index contributed by atoms with van der Waals surface area (Å²) in [5.74, 6) is -0.0359. The zero-order valence-corrected chi connectivity index (χ0v) is 9.16. The monoisotopic (exact) mass is 226 g/mol. The van der Waals surface area contributed by atoms with Gasteiger partial charge in [0, 0.05) is 21.9 Å². The third-order valence-corrected chi connectivity index (χ3v) is 3.08. The molecule has 3 rings (SSSR count). The summed E-state index contributed by atoms with van der Waals surface area (Å²) in [6, 6.07) is 6.95. The van der Waals surface area contributed by atoms with Crippen LogP contribution in [0.15, 0.2) is 24.3 Å². The Bertz CT molecular complexity index is 689. The molecule has 1 aliphatic rings. The molecule has 0 spiro atoms. The molecule has 2 aromatic carbocycles. The number of carbonyl (C=O) groups excluding carboxylic acids is 1. The van der Waals surface area contributed by atoms with Crippen molar-refractivity contribution in [2.24, 2.45) is 0 Å². The van der Waals surface area contributed by atoms with Gasteiger partial charge in [-0.3, -0.25) is 10.2 Å². The predicted octanol–water partition coefficient (Wildman–Crippen LogP) is 1.92. The molecule has 0 bridgehead atoms. The van der Waals surface area contributed by atoms with Gasteiger partial charge in [0.05, 0.1) is 0 Å². The molecule has 0 fully saturated rings. The minimum atomic E-state index is -0.290. The molecule has 0 atom stereocenters. The van der Waals surface area contributed by atoms with Crippen LogP contribution in [0.4, 0.5) is 0 Å². The van der Waals surface area contributed by atoms with Gasteiger partial charge in [-0.05, 0) is 18.6 Å². The van der Waals surface area contributed by atoms with Crippen LogP contribution in [0.5, 0.6) is 5.75 Å². The lowest BCUT2D eigenvalue weighted by molar-refractivity contribution is 0.0977. The van der Waals surface area contributed by atoms with Crippen LogP contribution in [0.25, 0.3) is 10.8 Å². The van der Waals surface area contributed by atoms with E-state index in [4.69, 9.17) is 5.41 Å². The summed E-state index contributed by atoms with van der Waals surface area (Å²) >= 11 is 0. The van der Waals surface area contributed by atoms with Crippen LogP contribution in [0.1, 0.15) is 21.5 Å². The Morgan fingerprint density at radius 1 is 1.29 bits per heavy atom. The van der Waals surface area contributed by atoms with Crippen molar-refractivity contribution in [3.63, 3.8) is 0 Å². The van der Waals surface area contributed by atoms with Gasteiger partial charge in [-0.2, -0.15) is 0 Å². The van der Waals surface area contributed by atoms with Gasteiger partial charge in [0.15, 0.2) is 0 Å². The Balaban J connectivity index is 2.59. The second kappa shape index (κ2) is 3.07. The summed E-state index contributed by atoms with van der Waals surface area (Å²) in [6.45, 7) is 1.76. The summed E-state index contributed by atoms with van der Waals surface area (Å²) in [5, 5.41) is 21.5. The molecule has 3 N–H and O–H groups in total.